The van der Waals surface area contributed by atoms with Crippen molar-refractivity contribution in [3.63, 3.8) is 0 Å². The van der Waals surface area contributed by atoms with Crippen LogP contribution in [0.1, 0.15) is 15.9 Å². The van der Waals surface area contributed by atoms with Gasteiger partial charge in [-0.3, -0.25) is 0 Å². The van der Waals surface area contributed by atoms with Crippen LogP contribution >= 0.6 is 0 Å². The Morgan fingerprint density at radius 2 is 2.06 bits per heavy atom. The van der Waals surface area contributed by atoms with Crippen molar-refractivity contribution in [3.8, 4) is 0 Å². The Bertz CT molecular complexity index is 510. The molecule has 16 heavy (non-hydrogen) atoms. The van der Waals surface area contributed by atoms with Crippen LogP contribution in [0.4, 0.5) is 0 Å². The summed E-state index contributed by atoms with van der Waals surface area (Å²) in [5.74, 6) is -0.757. The molecule has 0 aliphatic heterocycles. The van der Waals surface area contributed by atoms with Crippen molar-refractivity contribution < 1.29 is 17.9 Å². The monoisotopic (exact) mass is 244 g/mol. The van der Waals surface area contributed by atoms with Crippen LogP contribution in [0.2, 0.25) is 0 Å². The molecule has 0 saturated carbocycles. The number of benzene rings is 1. The Kier molecular flexibility index (Phi) is 3.63. The van der Waals surface area contributed by atoms with Crippen molar-refractivity contribution in [1.29, 1.82) is 0 Å². The molecule has 88 valence electrons. The number of sulfonamides is 1. The van der Waals surface area contributed by atoms with E-state index in [1.807, 2.05) is 0 Å². The van der Waals surface area contributed by atoms with Crippen LogP contribution in [0.25, 0.3) is 0 Å². The van der Waals surface area contributed by atoms with Gasteiger partial charge >= 0.3 is 5.97 Å². The maximum absolute atomic E-state index is 11.3. The van der Waals surface area contributed by atoms with E-state index in [1.54, 1.807) is 6.07 Å². The average Bonchev–Trinajstić information content (AvgIpc) is 2.26. The summed E-state index contributed by atoms with van der Waals surface area (Å²) in [7, 11) is -2.82. The van der Waals surface area contributed by atoms with Gasteiger partial charge in [-0.2, -0.15) is 0 Å². The standard InChI is InChI=1S/C9H12N2O4S/c1-15-9(12)7-3-2-6(5-10)4-8(7)16(11,13)14/h2-4H,5,10H2,1H3,(H2,11,13,14). The molecule has 0 saturated heterocycles. The predicted octanol–water partition coefficient (Wildman–Crippen LogP) is -0.421. The van der Waals surface area contributed by atoms with Gasteiger partial charge in [-0.1, -0.05) is 6.07 Å². The molecule has 7 heteroatoms. The third-order valence-corrected chi connectivity index (χ3v) is 2.94. The molecule has 1 aromatic rings. The van der Waals surface area contributed by atoms with E-state index in [9.17, 15) is 13.2 Å². The van der Waals surface area contributed by atoms with Crippen LogP contribution in [0.15, 0.2) is 23.1 Å². The molecular formula is C9H12N2O4S. The average molecular weight is 244 g/mol. The van der Waals surface area contributed by atoms with E-state index in [0.29, 0.717) is 5.56 Å². The number of ether oxygens (including phenoxy) is 1. The Morgan fingerprint density at radius 3 is 2.50 bits per heavy atom. The van der Waals surface area contributed by atoms with E-state index in [-0.39, 0.29) is 17.0 Å². The van der Waals surface area contributed by atoms with Gasteiger partial charge in [-0.05, 0) is 17.7 Å². The second kappa shape index (κ2) is 4.60. The summed E-state index contributed by atoms with van der Waals surface area (Å²) in [5, 5.41) is 5.00. The summed E-state index contributed by atoms with van der Waals surface area (Å²) in [6.07, 6.45) is 0. The number of carbonyl (C=O) groups is 1. The minimum atomic E-state index is -3.98. The SMILES string of the molecule is COC(=O)c1ccc(CN)cc1S(N)(=O)=O. The maximum atomic E-state index is 11.3. The lowest BCUT2D eigenvalue weighted by atomic mass is 10.1. The highest BCUT2D eigenvalue weighted by atomic mass is 32.2. The first-order chi connectivity index (χ1) is 7.40. The van der Waals surface area contributed by atoms with Gasteiger partial charge in [0.2, 0.25) is 10.0 Å². The van der Waals surface area contributed by atoms with Gasteiger partial charge in [-0.25, -0.2) is 18.4 Å². The molecule has 0 aliphatic carbocycles. The van der Waals surface area contributed by atoms with E-state index in [2.05, 4.69) is 4.74 Å². The molecule has 0 aromatic heterocycles. The van der Waals surface area contributed by atoms with Crippen molar-refractivity contribution in [2.75, 3.05) is 7.11 Å². The molecule has 0 spiro atoms. The highest BCUT2D eigenvalue weighted by molar-refractivity contribution is 7.89. The lowest BCUT2D eigenvalue weighted by Crippen LogP contribution is -2.18. The fourth-order valence-electron chi connectivity index (χ4n) is 1.21. The van der Waals surface area contributed by atoms with Gasteiger partial charge in [0.1, 0.15) is 0 Å². The first kappa shape index (κ1) is 12.6. The topological polar surface area (TPSA) is 112 Å². The Hall–Kier alpha value is -1.44. The summed E-state index contributed by atoms with van der Waals surface area (Å²) >= 11 is 0. The second-order valence-electron chi connectivity index (χ2n) is 3.07. The lowest BCUT2D eigenvalue weighted by molar-refractivity contribution is 0.0596. The van der Waals surface area contributed by atoms with Gasteiger partial charge in [0.25, 0.3) is 0 Å². The molecule has 0 amide bonds. The predicted molar refractivity (Wildman–Crippen MR) is 57.0 cm³/mol. The minimum absolute atomic E-state index is 0.0952. The molecule has 0 atom stereocenters. The number of nitrogens with two attached hydrogens (primary N) is 2. The third kappa shape index (κ3) is 2.57. The molecule has 0 aliphatic rings. The van der Waals surface area contributed by atoms with Crippen molar-refractivity contribution in [2.45, 2.75) is 11.4 Å². The fraction of sp³-hybridized carbons (Fsp3) is 0.222. The summed E-state index contributed by atoms with van der Waals surface area (Å²) in [4.78, 5) is 11.0. The van der Waals surface area contributed by atoms with Crippen molar-refractivity contribution in [1.82, 2.24) is 0 Å². The van der Waals surface area contributed by atoms with Crippen LogP contribution in [0, 0.1) is 0 Å². The summed E-state index contributed by atoms with van der Waals surface area (Å²) in [6.45, 7) is 0.157. The van der Waals surface area contributed by atoms with E-state index in [0.717, 1.165) is 7.11 Å². The van der Waals surface area contributed by atoms with Gasteiger partial charge in [-0.15, -0.1) is 0 Å². The molecule has 4 N–H and O–H groups in total. The van der Waals surface area contributed by atoms with E-state index < -0.39 is 16.0 Å². The molecular weight excluding hydrogens is 232 g/mol. The molecule has 0 heterocycles. The zero-order valence-electron chi connectivity index (χ0n) is 8.64. The Labute approximate surface area is 93.2 Å². The maximum Gasteiger partial charge on any atom is 0.339 e. The van der Waals surface area contributed by atoms with E-state index in [1.165, 1.54) is 12.1 Å². The highest BCUT2D eigenvalue weighted by Gasteiger charge is 2.20. The van der Waals surface area contributed by atoms with Crippen molar-refractivity contribution >= 4 is 16.0 Å². The van der Waals surface area contributed by atoms with E-state index in [4.69, 9.17) is 10.9 Å². The van der Waals surface area contributed by atoms with Gasteiger partial charge in [0.15, 0.2) is 0 Å². The number of hydrogen-bond acceptors (Lipinski definition) is 5. The normalized spacial score (nSPS) is 11.2. The molecule has 0 radical (unpaired) electrons. The van der Waals surface area contributed by atoms with Crippen molar-refractivity contribution in [2.24, 2.45) is 10.9 Å². The fourth-order valence-corrected chi connectivity index (χ4v) is 1.98. The van der Waals surface area contributed by atoms with Crippen LogP contribution in [-0.4, -0.2) is 21.5 Å². The molecule has 0 unspecified atom stereocenters. The van der Waals surface area contributed by atoms with Crippen LogP contribution in [0.3, 0.4) is 0 Å². The second-order valence-corrected chi connectivity index (χ2v) is 4.60. The lowest BCUT2D eigenvalue weighted by Gasteiger charge is -2.07. The Morgan fingerprint density at radius 1 is 1.44 bits per heavy atom. The summed E-state index contributed by atoms with van der Waals surface area (Å²) < 4.78 is 27.0. The summed E-state index contributed by atoms with van der Waals surface area (Å²) in [5.41, 5.74) is 5.84. The third-order valence-electron chi connectivity index (χ3n) is 1.99. The molecule has 0 fully saturated rings. The number of methoxy groups -OCH3 is 1. The van der Waals surface area contributed by atoms with Crippen LogP contribution in [0.5, 0.6) is 0 Å². The van der Waals surface area contributed by atoms with Gasteiger partial charge in [0, 0.05) is 6.54 Å². The largest absolute Gasteiger partial charge is 0.465 e. The molecule has 1 rings (SSSR count). The molecule has 6 nitrogen and oxygen atoms in total. The minimum Gasteiger partial charge on any atom is -0.465 e. The number of hydrogen-bond donors (Lipinski definition) is 2. The zero-order valence-corrected chi connectivity index (χ0v) is 9.45. The quantitative estimate of drug-likeness (QED) is 0.701. The van der Waals surface area contributed by atoms with E-state index >= 15 is 0 Å². The molecule has 0 bridgehead atoms. The van der Waals surface area contributed by atoms with Gasteiger partial charge in [0.05, 0.1) is 17.6 Å². The Balaban J connectivity index is 3.45. The number of rotatable bonds is 3. The van der Waals surface area contributed by atoms with Crippen LogP contribution < -0.4 is 10.9 Å². The van der Waals surface area contributed by atoms with Crippen LogP contribution in [-0.2, 0) is 21.3 Å². The number of primary sulfonamides is 1. The first-order valence-electron chi connectivity index (χ1n) is 4.34. The van der Waals surface area contributed by atoms with Gasteiger partial charge < -0.3 is 10.5 Å². The number of carbonyl (C=O) groups excluding carboxylic acids is 1. The summed E-state index contributed by atoms with van der Waals surface area (Å²) in [6, 6.07) is 4.14. The highest BCUT2D eigenvalue weighted by Crippen LogP contribution is 2.17. The first-order valence-corrected chi connectivity index (χ1v) is 5.89. The number of esters is 1. The van der Waals surface area contributed by atoms with Crippen molar-refractivity contribution in [3.05, 3.63) is 29.3 Å². The smallest absolute Gasteiger partial charge is 0.339 e. The molecule has 1 aromatic carbocycles. The zero-order chi connectivity index (χ0) is 12.3.